The lowest BCUT2D eigenvalue weighted by atomic mass is 10.2. The van der Waals surface area contributed by atoms with Gasteiger partial charge in [-0.25, -0.2) is 4.98 Å². The Bertz CT molecular complexity index is 1000. The number of aromatic nitrogens is 2. The zero-order chi connectivity index (χ0) is 17.1. The van der Waals surface area contributed by atoms with Crippen molar-refractivity contribution in [2.45, 2.75) is 19.3 Å². The molecule has 124 valence electrons. The lowest BCUT2D eigenvalue weighted by molar-refractivity contribution is -0.116. The molecule has 0 aliphatic rings. The van der Waals surface area contributed by atoms with E-state index in [1.54, 1.807) is 17.5 Å². The monoisotopic (exact) mass is 347 g/mol. The topological polar surface area (TPSA) is 54.9 Å². The largest absolute Gasteiger partial charge is 0.324 e. The van der Waals surface area contributed by atoms with E-state index >= 15 is 0 Å². The number of nitrogens with one attached hydrogen (secondary N) is 1. The lowest BCUT2D eigenvalue weighted by Gasteiger charge is -2.07. The number of amides is 1. The Balaban J connectivity index is 1.37. The molecule has 0 aliphatic heterocycles. The zero-order valence-electron chi connectivity index (χ0n) is 13.6. The molecule has 0 bridgehead atoms. The predicted octanol–water partition coefficient (Wildman–Crippen LogP) is 4.81. The fourth-order valence-electron chi connectivity index (χ4n) is 2.84. The van der Waals surface area contributed by atoms with Crippen molar-refractivity contribution >= 4 is 44.1 Å². The first-order valence-electron chi connectivity index (χ1n) is 8.28. The Morgan fingerprint density at radius 3 is 2.84 bits per heavy atom. The summed E-state index contributed by atoms with van der Waals surface area (Å²) in [6.07, 6.45) is 3.81. The van der Waals surface area contributed by atoms with Gasteiger partial charge in [-0.2, -0.15) is 0 Å². The smallest absolute Gasteiger partial charge is 0.224 e. The number of thiazole rings is 1. The second-order valence-electron chi connectivity index (χ2n) is 5.86. The quantitative estimate of drug-likeness (QED) is 0.564. The van der Waals surface area contributed by atoms with Crippen molar-refractivity contribution in [3.05, 3.63) is 65.8 Å². The van der Waals surface area contributed by atoms with Crippen molar-refractivity contribution in [3.63, 3.8) is 0 Å². The number of anilines is 1. The fourth-order valence-corrected chi connectivity index (χ4v) is 3.85. The van der Waals surface area contributed by atoms with E-state index in [-0.39, 0.29) is 5.91 Å². The third-order valence-corrected chi connectivity index (χ3v) is 5.14. The first-order chi connectivity index (χ1) is 12.3. The zero-order valence-corrected chi connectivity index (χ0v) is 14.4. The van der Waals surface area contributed by atoms with Crippen LogP contribution in [0.4, 0.5) is 5.69 Å². The third-order valence-electron chi connectivity index (χ3n) is 4.04. The molecule has 0 atom stereocenters. The van der Waals surface area contributed by atoms with E-state index in [0.29, 0.717) is 6.42 Å². The van der Waals surface area contributed by atoms with Crippen LogP contribution < -0.4 is 5.32 Å². The summed E-state index contributed by atoms with van der Waals surface area (Å²) in [6, 6.07) is 17.8. The van der Waals surface area contributed by atoms with Crippen LogP contribution in [0, 0.1) is 0 Å². The summed E-state index contributed by atoms with van der Waals surface area (Å²) in [5.41, 5.74) is 2.63. The average Bonchev–Trinajstić information content (AvgIpc) is 3.05. The summed E-state index contributed by atoms with van der Waals surface area (Å²) in [7, 11) is 0. The second kappa shape index (κ2) is 6.99. The molecule has 4 aromatic rings. The van der Waals surface area contributed by atoms with E-state index in [0.717, 1.165) is 40.0 Å². The Kier molecular flexibility index (Phi) is 4.39. The van der Waals surface area contributed by atoms with Crippen molar-refractivity contribution in [2.24, 2.45) is 0 Å². The number of para-hydroxylation sites is 2. The maximum Gasteiger partial charge on any atom is 0.224 e. The van der Waals surface area contributed by atoms with Gasteiger partial charge in [-0.05, 0) is 37.1 Å². The number of hydrogen-bond donors (Lipinski definition) is 1. The molecule has 0 fully saturated rings. The molecule has 4 nitrogen and oxygen atoms in total. The molecule has 4 rings (SSSR count). The van der Waals surface area contributed by atoms with Gasteiger partial charge in [0.05, 0.1) is 26.4 Å². The summed E-state index contributed by atoms with van der Waals surface area (Å²) in [5.74, 6) is 0.0132. The fraction of sp³-hybridized carbons (Fsp3) is 0.150. The summed E-state index contributed by atoms with van der Waals surface area (Å²) < 4.78 is 1.20. The van der Waals surface area contributed by atoms with E-state index < -0.39 is 0 Å². The van der Waals surface area contributed by atoms with Crippen molar-refractivity contribution < 1.29 is 4.79 Å². The van der Waals surface area contributed by atoms with E-state index in [4.69, 9.17) is 0 Å². The Labute approximate surface area is 149 Å². The van der Waals surface area contributed by atoms with Crippen LogP contribution in [0.5, 0.6) is 0 Å². The molecular weight excluding hydrogens is 330 g/mol. The number of carbonyl (C=O) groups excluding carboxylic acids is 1. The van der Waals surface area contributed by atoms with Gasteiger partial charge in [0.1, 0.15) is 0 Å². The van der Waals surface area contributed by atoms with Crippen molar-refractivity contribution in [3.8, 4) is 0 Å². The molecule has 0 saturated carbocycles. The highest BCUT2D eigenvalue weighted by Gasteiger charge is 2.08. The van der Waals surface area contributed by atoms with Gasteiger partial charge in [-0.3, -0.25) is 9.78 Å². The normalized spacial score (nSPS) is 11.0. The van der Waals surface area contributed by atoms with Crippen LogP contribution in [-0.2, 0) is 11.2 Å². The predicted molar refractivity (Wildman–Crippen MR) is 103 cm³/mol. The molecule has 0 unspecified atom stereocenters. The van der Waals surface area contributed by atoms with Crippen LogP contribution in [0.25, 0.3) is 21.1 Å². The van der Waals surface area contributed by atoms with Gasteiger partial charge < -0.3 is 5.32 Å². The highest BCUT2D eigenvalue weighted by atomic mass is 32.1. The maximum atomic E-state index is 12.3. The number of pyridine rings is 1. The van der Waals surface area contributed by atoms with E-state index in [9.17, 15) is 4.79 Å². The summed E-state index contributed by atoms with van der Waals surface area (Å²) in [6.45, 7) is 0. The van der Waals surface area contributed by atoms with Crippen molar-refractivity contribution in [1.29, 1.82) is 0 Å². The lowest BCUT2D eigenvalue weighted by Crippen LogP contribution is -2.12. The number of aryl methyl sites for hydroxylation is 1. The number of fused-ring (bicyclic) bond motifs is 2. The highest BCUT2D eigenvalue weighted by Crippen LogP contribution is 2.23. The molecule has 2 heterocycles. The van der Waals surface area contributed by atoms with Gasteiger partial charge in [-0.1, -0.05) is 30.3 Å². The summed E-state index contributed by atoms with van der Waals surface area (Å²) >= 11 is 1.70. The number of carbonyl (C=O) groups is 1. The van der Waals surface area contributed by atoms with Crippen molar-refractivity contribution in [2.75, 3.05) is 5.32 Å². The summed E-state index contributed by atoms with van der Waals surface area (Å²) in [5, 5.41) is 5.09. The van der Waals surface area contributed by atoms with Gasteiger partial charge in [0.2, 0.25) is 5.91 Å². The third kappa shape index (κ3) is 3.51. The van der Waals surface area contributed by atoms with E-state index in [1.165, 1.54) is 4.70 Å². The first-order valence-corrected chi connectivity index (χ1v) is 9.09. The van der Waals surface area contributed by atoms with E-state index in [1.807, 2.05) is 48.5 Å². The molecule has 25 heavy (non-hydrogen) atoms. The number of rotatable bonds is 5. The molecular formula is C20H17N3OS. The van der Waals surface area contributed by atoms with E-state index in [2.05, 4.69) is 21.4 Å². The first kappa shape index (κ1) is 15.7. The van der Waals surface area contributed by atoms with Crippen LogP contribution in [0.3, 0.4) is 0 Å². The molecule has 2 aromatic carbocycles. The van der Waals surface area contributed by atoms with Gasteiger partial charge in [-0.15, -0.1) is 11.3 Å². The molecule has 1 amide bonds. The van der Waals surface area contributed by atoms with Gasteiger partial charge in [0.25, 0.3) is 0 Å². The summed E-state index contributed by atoms with van der Waals surface area (Å²) in [4.78, 5) is 21.2. The van der Waals surface area contributed by atoms with Gasteiger partial charge >= 0.3 is 0 Å². The number of nitrogens with zero attached hydrogens (tertiary/aromatic N) is 2. The number of hydrogen-bond acceptors (Lipinski definition) is 4. The van der Waals surface area contributed by atoms with Crippen LogP contribution in [-0.4, -0.2) is 15.9 Å². The SMILES string of the molecule is O=C(CCCc1nc2ccccc2s1)Nc1cccc2cccnc12. The van der Waals surface area contributed by atoms with Crippen molar-refractivity contribution in [1.82, 2.24) is 9.97 Å². The second-order valence-corrected chi connectivity index (χ2v) is 6.97. The van der Waals surface area contributed by atoms with Crippen LogP contribution in [0.2, 0.25) is 0 Å². The standard InChI is InChI=1S/C20H17N3OS/c24-18(22-16-9-3-6-14-7-5-13-21-20(14)16)11-4-12-19-23-15-8-1-2-10-17(15)25-19/h1-3,5-10,13H,4,11-12H2,(H,22,24). The Hall–Kier alpha value is -2.79. The highest BCUT2D eigenvalue weighted by molar-refractivity contribution is 7.18. The molecule has 0 saturated heterocycles. The Morgan fingerprint density at radius 2 is 1.92 bits per heavy atom. The Morgan fingerprint density at radius 1 is 1.04 bits per heavy atom. The van der Waals surface area contributed by atoms with Gasteiger partial charge in [0, 0.05) is 18.0 Å². The minimum absolute atomic E-state index is 0.0132. The van der Waals surface area contributed by atoms with Gasteiger partial charge in [0.15, 0.2) is 0 Å². The molecule has 1 N–H and O–H groups in total. The molecule has 2 aromatic heterocycles. The van der Waals surface area contributed by atoms with Crippen LogP contribution in [0.1, 0.15) is 17.8 Å². The minimum atomic E-state index is 0.0132. The molecule has 0 aliphatic carbocycles. The van der Waals surface area contributed by atoms with Crippen LogP contribution in [0.15, 0.2) is 60.8 Å². The number of benzene rings is 2. The average molecular weight is 347 g/mol. The molecule has 0 radical (unpaired) electrons. The van der Waals surface area contributed by atoms with Crippen LogP contribution >= 0.6 is 11.3 Å². The minimum Gasteiger partial charge on any atom is -0.324 e. The molecule has 5 heteroatoms. The maximum absolute atomic E-state index is 12.3. The molecule has 0 spiro atoms.